The van der Waals surface area contributed by atoms with Gasteiger partial charge >= 0.3 is 11.9 Å². The zero-order valence-electron chi connectivity index (χ0n) is 11.6. The molecule has 6 heteroatoms. The molecule has 0 aromatic heterocycles. The molecule has 2 N–H and O–H groups in total. The lowest BCUT2D eigenvalue weighted by atomic mass is 10.1. The number of rotatable bonds is 0. The smallest absolute Gasteiger partial charge is 0.330 e. The lowest BCUT2D eigenvalue weighted by molar-refractivity contribution is -0.146. The van der Waals surface area contributed by atoms with E-state index >= 15 is 0 Å². The third kappa shape index (κ3) is 5.99. The molecule has 0 aromatic rings. The molecular weight excluding hydrogens is 264 g/mol. The van der Waals surface area contributed by atoms with Gasteiger partial charge < -0.3 is 19.7 Å². The molecule has 1 unspecified atom stereocenters. The Hall–Kier alpha value is -1.66. The van der Waals surface area contributed by atoms with Crippen molar-refractivity contribution in [3.8, 4) is 0 Å². The van der Waals surface area contributed by atoms with Crippen molar-refractivity contribution in [1.82, 2.24) is 0 Å². The van der Waals surface area contributed by atoms with E-state index in [2.05, 4.69) is 0 Å². The summed E-state index contributed by atoms with van der Waals surface area (Å²) in [5, 5.41) is 19.3. The molecular formula is C14H20O6. The van der Waals surface area contributed by atoms with E-state index in [1.54, 1.807) is 6.92 Å². The molecule has 0 saturated carbocycles. The lowest BCUT2D eigenvalue weighted by Gasteiger charge is -2.17. The first-order valence-electron chi connectivity index (χ1n) is 6.52. The van der Waals surface area contributed by atoms with Crippen LogP contribution in [0.2, 0.25) is 0 Å². The summed E-state index contributed by atoms with van der Waals surface area (Å²) in [5.74, 6) is -1.24. The fourth-order valence-electron chi connectivity index (χ4n) is 1.61. The van der Waals surface area contributed by atoms with E-state index in [1.165, 1.54) is 19.1 Å². The van der Waals surface area contributed by atoms with Gasteiger partial charge in [0.05, 0.1) is 12.2 Å². The van der Waals surface area contributed by atoms with Crippen LogP contribution in [-0.2, 0) is 19.1 Å². The predicted molar refractivity (Wildman–Crippen MR) is 70.6 cm³/mol. The highest BCUT2D eigenvalue weighted by atomic mass is 16.6. The van der Waals surface area contributed by atoms with Crippen LogP contribution in [0.4, 0.5) is 0 Å². The van der Waals surface area contributed by atoms with Crippen molar-refractivity contribution in [1.29, 1.82) is 0 Å². The molecule has 6 nitrogen and oxygen atoms in total. The van der Waals surface area contributed by atoms with Crippen molar-refractivity contribution >= 4 is 11.9 Å². The maximum Gasteiger partial charge on any atom is 0.330 e. The van der Waals surface area contributed by atoms with E-state index in [4.69, 9.17) is 9.47 Å². The fraction of sp³-hybridized carbons (Fsp3) is 0.571. The van der Waals surface area contributed by atoms with Crippen LogP contribution < -0.4 is 0 Å². The molecule has 1 aliphatic heterocycles. The molecule has 0 saturated heterocycles. The Morgan fingerprint density at radius 2 is 1.60 bits per heavy atom. The Morgan fingerprint density at radius 1 is 1.00 bits per heavy atom. The topological polar surface area (TPSA) is 93.1 Å². The monoisotopic (exact) mass is 284 g/mol. The zero-order valence-corrected chi connectivity index (χ0v) is 11.6. The Bertz CT molecular complexity index is 400. The van der Waals surface area contributed by atoms with Gasteiger partial charge in [-0.25, -0.2) is 9.59 Å². The van der Waals surface area contributed by atoms with E-state index in [9.17, 15) is 19.8 Å². The number of carbonyl (C=O) groups is 2. The van der Waals surface area contributed by atoms with Crippen molar-refractivity contribution in [2.45, 2.75) is 51.1 Å². The van der Waals surface area contributed by atoms with Gasteiger partial charge in [0, 0.05) is 12.2 Å². The molecule has 0 aromatic carbocycles. The summed E-state index contributed by atoms with van der Waals surface area (Å²) in [6.07, 6.45) is 2.48. The number of carbonyl (C=O) groups excluding carboxylic acids is 2. The summed E-state index contributed by atoms with van der Waals surface area (Å²) in [5.41, 5.74) is 0. The fourth-order valence-corrected chi connectivity index (χ4v) is 1.61. The second-order valence-corrected chi connectivity index (χ2v) is 4.74. The number of aliphatic hydroxyl groups is 2. The maximum atomic E-state index is 11.5. The second kappa shape index (κ2) is 7.81. The second-order valence-electron chi connectivity index (χ2n) is 4.74. The van der Waals surface area contributed by atoms with Crippen LogP contribution in [0.5, 0.6) is 0 Å². The van der Waals surface area contributed by atoms with Crippen LogP contribution in [0.3, 0.4) is 0 Å². The first-order valence-corrected chi connectivity index (χ1v) is 6.52. The van der Waals surface area contributed by atoms with Crippen LogP contribution >= 0.6 is 0 Å². The van der Waals surface area contributed by atoms with Gasteiger partial charge in [-0.15, -0.1) is 0 Å². The molecule has 0 spiro atoms. The summed E-state index contributed by atoms with van der Waals surface area (Å²) in [7, 11) is 0. The molecule has 0 bridgehead atoms. The van der Waals surface area contributed by atoms with Crippen molar-refractivity contribution in [3.63, 3.8) is 0 Å². The highest BCUT2D eigenvalue weighted by Gasteiger charge is 2.17. The maximum absolute atomic E-state index is 11.5. The summed E-state index contributed by atoms with van der Waals surface area (Å²) >= 11 is 0. The van der Waals surface area contributed by atoms with Gasteiger partial charge in [0.2, 0.25) is 0 Å². The van der Waals surface area contributed by atoms with Crippen LogP contribution in [0, 0.1) is 0 Å². The standard InChI is InChI=1S/C14H20O6/c1-9-3-4-11(15)5-7-14(18)20-10(2)12(16)6-8-13(17)19-9/h5-12,15-16H,3-4H2,1-2H3/b7-5+,8-6+/t9?,10-,11-,12+/m0/s1. The zero-order chi connectivity index (χ0) is 15.1. The quantitative estimate of drug-likeness (QED) is 0.628. The van der Waals surface area contributed by atoms with E-state index in [0.29, 0.717) is 12.8 Å². The molecule has 0 amide bonds. The number of cyclic esters (lactones) is 2. The number of hydrogen-bond donors (Lipinski definition) is 2. The number of esters is 2. The van der Waals surface area contributed by atoms with Crippen LogP contribution in [0.25, 0.3) is 0 Å². The Kier molecular flexibility index (Phi) is 6.41. The first-order chi connectivity index (χ1) is 9.38. The SMILES string of the molecule is CC1CC[C@H](O)/C=C/C(=O)O[C@@H](C)[C@H](O)/C=C/C(=O)O1. The van der Waals surface area contributed by atoms with Gasteiger partial charge in [0.1, 0.15) is 12.2 Å². The third-order valence-electron chi connectivity index (χ3n) is 2.85. The largest absolute Gasteiger partial charge is 0.460 e. The van der Waals surface area contributed by atoms with E-state index in [0.717, 1.165) is 12.2 Å². The molecule has 1 aliphatic rings. The Balaban J connectivity index is 2.79. The van der Waals surface area contributed by atoms with Gasteiger partial charge in [0.15, 0.2) is 0 Å². The van der Waals surface area contributed by atoms with Crippen LogP contribution in [0.15, 0.2) is 24.3 Å². The van der Waals surface area contributed by atoms with Crippen molar-refractivity contribution in [3.05, 3.63) is 24.3 Å². The van der Waals surface area contributed by atoms with Crippen molar-refractivity contribution < 1.29 is 29.3 Å². The number of ether oxygens (including phenoxy) is 2. The average Bonchev–Trinajstić information content (AvgIpc) is 2.39. The minimum absolute atomic E-state index is 0.361. The number of hydrogen-bond acceptors (Lipinski definition) is 6. The van der Waals surface area contributed by atoms with Gasteiger partial charge in [-0.1, -0.05) is 0 Å². The van der Waals surface area contributed by atoms with Gasteiger partial charge in [-0.2, -0.15) is 0 Å². The normalized spacial score (nSPS) is 36.4. The minimum atomic E-state index is -1.11. The summed E-state index contributed by atoms with van der Waals surface area (Å²) < 4.78 is 9.99. The van der Waals surface area contributed by atoms with Crippen molar-refractivity contribution in [2.24, 2.45) is 0 Å². The Morgan fingerprint density at radius 3 is 2.30 bits per heavy atom. The van der Waals surface area contributed by atoms with E-state index in [1.807, 2.05) is 0 Å². The molecule has 112 valence electrons. The molecule has 1 rings (SSSR count). The Labute approximate surface area is 117 Å². The third-order valence-corrected chi connectivity index (χ3v) is 2.85. The van der Waals surface area contributed by atoms with Gasteiger partial charge in [0.25, 0.3) is 0 Å². The summed E-state index contributed by atoms with van der Waals surface area (Å²) in [6, 6.07) is 0. The molecule has 4 atom stereocenters. The van der Waals surface area contributed by atoms with Gasteiger partial charge in [-0.3, -0.25) is 0 Å². The molecule has 0 radical (unpaired) electrons. The van der Waals surface area contributed by atoms with E-state index in [-0.39, 0.29) is 6.10 Å². The molecule has 20 heavy (non-hydrogen) atoms. The first kappa shape index (κ1) is 16.4. The highest BCUT2D eigenvalue weighted by molar-refractivity contribution is 5.83. The molecule has 0 aliphatic carbocycles. The van der Waals surface area contributed by atoms with Crippen molar-refractivity contribution in [2.75, 3.05) is 0 Å². The average molecular weight is 284 g/mol. The minimum Gasteiger partial charge on any atom is -0.460 e. The molecule has 0 fully saturated rings. The number of aliphatic hydroxyl groups excluding tert-OH is 2. The highest BCUT2D eigenvalue weighted by Crippen LogP contribution is 2.09. The van der Waals surface area contributed by atoms with Gasteiger partial charge in [-0.05, 0) is 38.8 Å². The summed E-state index contributed by atoms with van der Waals surface area (Å²) in [6.45, 7) is 3.21. The van der Waals surface area contributed by atoms with Crippen LogP contribution in [0.1, 0.15) is 26.7 Å². The predicted octanol–water partition coefficient (Wildman–Crippen LogP) is 0.478. The molecule has 1 heterocycles. The van der Waals surface area contributed by atoms with Crippen LogP contribution in [-0.4, -0.2) is 46.6 Å². The lowest BCUT2D eigenvalue weighted by Crippen LogP contribution is -2.27. The van der Waals surface area contributed by atoms with E-state index < -0.39 is 30.3 Å². The summed E-state index contributed by atoms with van der Waals surface area (Å²) in [4.78, 5) is 22.9.